The number of benzene rings is 2. The van der Waals surface area contributed by atoms with Gasteiger partial charge in [0, 0.05) is 78.8 Å². The van der Waals surface area contributed by atoms with Crippen LogP contribution >= 0.6 is 23.5 Å². The van der Waals surface area contributed by atoms with Gasteiger partial charge in [-0.2, -0.15) is 20.5 Å². The largest absolute Gasteiger partial charge is 0.254 e. The molecule has 0 bridgehead atoms. The zero-order valence-electron chi connectivity index (χ0n) is 34.3. The summed E-state index contributed by atoms with van der Waals surface area (Å²) in [6.45, 7) is 28.6. The van der Waals surface area contributed by atoms with E-state index in [1.54, 1.807) is 0 Å². The maximum Gasteiger partial charge on any atom is 0.147 e. The average molecular weight is 777 g/mol. The molecule has 0 saturated heterocycles. The summed E-state index contributed by atoms with van der Waals surface area (Å²) >= 11 is 3.98. The van der Waals surface area contributed by atoms with Gasteiger partial charge in [0.2, 0.25) is 0 Å². The average Bonchev–Trinajstić information content (AvgIpc) is 3.89. The van der Waals surface area contributed by atoms with Crippen molar-refractivity contribution in [1.82, 2.24) is 19.9 Å². The molecule has 5 aliphatic rings. The number of aromatic nitrogens is 4. The first-order chi connectivity index (χ1) is 26.2. The third-order valence-corrected chi connectivity index (χ3v) is 21.4. The monoisotopic (exact) mass is 776 g/mol. The second kappa shape index (κ2) is 9.80. The fraction of sp³-hybridized carbons (Fsp3) is 0.478. The van der Waals surface area contributed by atoms with Crippen molar-refractivity contribution < 1.29 is 0 Å². The molecule has 2 aromatic carbocycles. The molecule has 2 aliphatic heterocycles. The number of hydrogen-bond acceptors (Lipinski definition) is 10. The van der Waals surface area contributed by atoms with E-state index in [-0.39, 0.29) is 0 Å². The summed E-state index contributed by atoms with van der Waals surface area (Å²) in [4.78, 5) is 17.3. The van der Waals surface area contributed by atoms with Crippen LogP contribution in [0.2, 0.25) is 0 Å². The Morgan fingerprint density at radius 3 is 0.821 bits per heavy atom. The minimum absolute atomic E-state index is 0.392. The van der Waals surface area contributed by atoms with Crippen LogP contribution in [0.1, 0.15) is 105 Å². The molecule has 1 fully saturated rings. The maximum absolute atomic E-state index is 5.62. The summed E-state index contributed by atoms with van der Waals surface area (Å²) in [5.41, 5.74) is 6.60. The predicted octanol–water partition coefficient (Wildman–Crippen LogP) is 12.0. The predicted molar refractivity (Wildman–Crippen MR) is 230 cm³/mol. The Morgan fingerprint density at radius 1 is 0.339 bits per heavy atom. The highest BCUT2D eigenvalue weighted by molar-refractivity contribution is 8.04. The summed E-state index contributed by atoms with van der Waals surface area (Å²) in [6, 6.07) is 17.1. The van der Waals surface area contributed by atoms with E-state index >= 15 is 0 Å². The van der Waals surface area contributed by atoms with Gasteiger partial charge >= 0.3 is 0 Å². The Kier molecular flexibility index (Phi) is 6.16. The minimum atomic E-state index is -0.608. The van der Waals surface area contributed by atoms with Gasteiger partial charge in [0.1, 0.15) is 19.5 Å². The van der Waals surface area contributed by atoms with Gasteiger partial charge in [-0.1, -0.05) is 131 Å². The molecule has 4 spiro atoms. The molecule has 0 amide bonds. The van der Waals surface area contributed by atoms with Gasteiger partial charge in [0.15, 0.2) is 0 Å². The highest BCUT2D eigenvalue weighted by Gasteiger charge is 2.90. The second-order valence-electron chi connectivity index (χ2n) is 20.0. The Hall–Kier alpha value is -4.02. The first kappa shape index (κ1) is 35.2. The van der Waals surface area contributed by atoms with E-state index in [0.717, 1.165) is 43.6 Å². The van der Waals surface area contributed by atoms with Gasteiger partial charge in [-0.15, -0.1) is 0 Å². The van der Waals surface area contributed by atoms with E-state index in [1.807, 2.05) is 48.3 Å². The first-order valence-corrected chi connectivity index (χ1v) is 21.5. The van der Waals surface area contributed by atoms with Crippen LogP contribution in [0.3, 0.4) is 0 Å². The lowest BCUT2D eigenvalue weighted by Gasteiger charge is -2.72. The van der Waals surface area contributed by atoms with Crippen molar-refractivity contribution >= 4 is 67.1 Å². The highest BCUT2D eigenvalue weighted by atomic mass is 32.2. The fourth-order valence-corrected chi connectivity index (χ4v) is 17.7. The van der Waals surface area contributed by atoms with E-state index in [2.05, 4.69) is 132 Å². The summed E-state index contributed by atoms with van der Waals surface area (Å²) in [5.74, 6) is 0. The first-order valence-electron chi connectivity index (χ1n) is 19.9. The molecule has 6 heterocycles. The molecule has 4 aromatic heterocycles. The van der Waals surface area contributed by atoms with Crippen LogP contribution in [0.5, 0.6) is 0 Å². The molecule has 0 N–H and O–H groups in total. The Labute approximate surface area is 336 Å². The fourth-order valence-electron chi connectivity index (χ4n) is 13.3. The highest BCUT2D eigenvalue weighted by Crippen LogP contribution is 2.88. The van der Waals surface area contributed by atoms with Crippen LogP contribution in [0, 0.1) is 10.8 Å². The molecule has 0 atom stereocenters. The number of fused-ring (bicyclic) bond motifs is 12. The van der Waals surface area contributed by atoms with Crippen LogP contribution in [0.4, 0.5) is 0 Å². The zero-order chi connectivity index (χ0) is 39.5. The smallest absolute Gasteiger partial charge is 0.147 e. The normalized spacial score (nSPS) is 25.9. The molecule has 11 rings (SSSR count). The van der Waals surface area contributed by atoms with Crippen LogP contribution in [0.15, 0.2) is 93.8 Å². The summed E-state index contributed by atoms with van der Waals surface area (Å²) < 4.78 is 0. The SMILES string of the molecule is CC1(C)c2c(c3cccnc3c3ncccc23)C(C)(C)C12N=NC1(S2)C(C)(C)C2(N=NC3(S2)C(C)(C)c2c(c4cccnc4c4ncccc24)C3(C)C)C1(C)C. The molecule has 6 aromatic rings. The van der Waals surface area contributed by atoms with Gasteiger partial charge in [-0.25, -0.2) is 0 Å². The molecule has 0 radical (unpaired) electrons. The van der Waals surface area contributed by atoms with Crippen molar-refractivity contribution in [3.63, 3.8) is 0 Å². The number of pyridine rings is 4. The second-order valence-corrected chi connectivity index (χ2v) is 22.8. The zero-order valence-corrected chi connectivity index (χ0v) is 36.0. The Morgan fingerprint density at radius 2 is 0.571 bits per heavy atom. The lowest BCUT2D eigenvalue weighted by molar-refractivity contribution is -0.0965. The molecule has 8 nitrogen and oxygen atoms in total. The third kappa shape index (κ3) is 3.19. The van der Waals surface area contributed by atoms with Crippen molar-refractivity contribution in [1.29, 1.82) is 0 Å². The van der Waals surface area contributed by atoms with E-state index in [1.165, 1.54) is 22.3 Å². The molecule has 0 unspecified atom stereocenters. The summed E-state index contributed by atoms with van der Waals surface area (Å²) in [7, 11) is 0. The van der Waals surface area contributed by atoms with Gasteiger partial charge in [-0.3, -0.25) is 19.9 Å². The lowest BCUT2D eigenvalue weighted by Crippen LogP contribution is -2.79. The lowest BCUT2D eigenvalue weighted by atomic mass is 9.47. The molecule has 56 heavy (non-hydrogen) atoms. The standard InChI is InChI=1S/C46H48N8S2/c1-37(2)29-25-17-13-21-47-33(25)34-26(18-14-22-48-34)30(29)38(3,4)43(37)51-53-45(55-43)41(9,10)46(42(45,11)12)54-52-44(56-46)39(5,6)31-27-19-15-23-49-35(27)36-28(20-16-24-50-36)32(31)40(44,7)8/h13-24H,1-12H3. The summed E-state index contributed by atoms with van der Waals surface area (Å²) in [5, 5.41) is 27.1. The molecule has 284 valence electrons. The quantitative estimate of drug-likeness (QED) is 0.142. The van der Waals surface area contributed by atoms with E-state index in [9.17, 15) is 0 Å². The van der Waals surface area contributed by atoms with E-state index in [4.69, 9.17) is 40.4 Å². The number of thioether (sulfide) groups is 2. The van der Waals surface area contributed by atoms with Gasteiger partial charge < -0.3 is 0 Å². The van der Waals surface area contributed by atoms with Crippen LogP contribution in [-0.2, 0) is 21.7 Å². The third-order valence-electron chi connectivity index (χ3n) is 15.8. The number of hydrogen-bond donors (Lipinski definition) is 0. The number of rotatable bonds is 0. The Bertz CT molecular complexity index is 2510. The number of azo groups is 2. The van der Waals surface area contributed by atoms with Crippen molar-refractivity contribution in [2.75, 3.05) is 0 Å². The molecule has 1 saturated carbocycles. The topological polar surface area (TPSA) is 101 Å². The minimum Gasteiger partial charge on any atom is -0.254 e. The summed E-state index contributed by atoms with van der Waals surface area (Å²) in [6.07, 6.45) is 7.53. The molecule has 10 heteroatoms. The van der Waals surface area contributed by atoms with Crippen molar-refractivity contribution in [2.45, 2.75) is 124 Å². The molecular weight excluding hydrogens is 729 g/mol. The van der Waals surface area contributed by atoms with Gasteiger partial charge in [0.25, 0.3) is 0 Å². The van der Waals surface area contributed by atoms with E-state index in [0.29, 0.717) is 0 Å². The van der Waals surface area contributed by atoms with Crippen LogP contribution in [0.25, 0.3) is 43.6 Å². The number of nitrogens with zero attached hydrogens (tertiary/aromatic N) is 8. The van der Waals surface area contributed by atoms with E-state index < -0.39 is 52.0 Å². The van der Waals surface area contributed by atoms with Crippen LogP contribution in [-0.4, -0.2) is 39.4 Å². The van der Waals surface area contributed by atoms with Crippen molar-refractivity contribution in [3.8, 4) is 0 Å². The molecular formula is C46H48N8S2. The molecule has 3 aliphatic carbocycles. The Balaban J connectivity index is 1.07. The van der Waals surface area contributed by atoms with Gasteiger partial charge in [-0.05, 0) is 46.5 Å². The van der Waals surface area contributed by atoms with Crippen LogP contribution < -0.4 is 0 Å². The van der Waals surface area contributed by atoms with Crippen molar-refractivity contribution in [3.05, 3.63) is 95.6 Å². The van der Waals surface area contributed by atoms with Crippen molar-refractivity contribution in [2.24, 2.45) is 31.3 Å². The van der Waals surface area contributed by atoms with Gasteiger partial charge in [0.05, 0.1) is 22.1 Å². The maximum atomic E-state index is 5.62.